The average molecular weight is 541 g/mol. The summed E-state index contributed by atoms with van der Waals surface area (Å²) in [6.07, 6.45) is 11.7. The van der Waals surface area contributed by atoms with E-state index >= 15 is 0 Å². The van der Waals surface area contributed by atoms with Crippen molar-refractivity contribution in [3.63, 3.8) is 0 Å². The predicted octanol–water partition coefficient (Wildman–Crippen LogP) is 1.18. The summed E-state index contributed by atoms with van der Waals surface area (Å²) in [4.78, 5) is 0. The third-order valence-electron chi connectivity index (χ3n) is 5.63. The molecule has 0 bridgehead atoms. The van der Waals surface area contributed by atoms with Gasteiger partial charge in [0.1, 0.15) is 0 Å². The third kappa shape index (κ3) is 8.86. The van der Waals surface area contributed by atoms with E-state index in [0.29, 0.717) is 0 Å². The molecule has 0 radical (unpaired) electrons. The van der Waals surface area contributed by atoms with Gasteiger partial charge in [0.05, 0.1) is 0 Å². The van der Waals surface area contributed by atoms with E-state index in [2.05, 4.69) is 105 Å². The molecule has 0 N–H and O–H groups in total. The van der Waals surface area contributed by atoms with Crippen molar-refractivity contribution < 1.29 is 49.0 Å². The van der Waals surface area contributed by atoms with E-state index in [1.807, 2.05) is 0 Å². The van der Waals surface area contributed by atoms with Crippen LogP contribution in [-0.4, -0.2) is 3.21 Å². The summed E-state index contributed by atoms with van der Waals surface area (Å²) in [5.41, 5.74) is 8.70. The molecule has 0 saturated carbocycles. The predicted molar refractivity (Wildman–Crippen MR) is 126 cm³/mol. The van der Waals surface area contributed by atoms with Crippen molar-refractivity contribution in [2.45, 2.75) is 46.0 Å². The molecule has 0 aliphatic heterocycles. The average Bonchev–Trinajstić information content (AvgIpc) is 3.44. The van der Waals surface area contributed by atoms with Crippen LogP contribution in [0.4, 0.5) is 0 Å². The largest absolute Gasteiger partial charge is 0.210 e. The van der Waals surface area contributed by atoms with Crippen molar-refractivity contribution in [3.8, 4) is 0 Å². The first-order valence-electron chi connectivity index (χ1n) is 10.8. The fraction of sp³-hybridized carbons (Fsp3) is 0.241. The van der Waals surface area contributed by atoms with Crippen LogP contribution >= 0.6 is 0 Å². The van der Waals surface area contributed by atoms with Crippen LogP contribution in [-0.2, 0) is 37.1 Å². The van der Waals surface area contributed by atoms with Gasteiger partial charge in [0, 0.05) is 0 Å². The van der Waals surface area contributed by atoms with Crippen LogP contribution in [0.1, 0.15) is 55.4 Å². The van der Waals surface area contributed by atoms with Crippen LogP contribution in [0.3, 0.4) is 0 Å². The van der Waals surface area contributed by atoms with Gasteiger partial charge >= 0.3 is 99.2 Å². The fourth-order valence-corrected chi connectivity index (χ4v) is 4.43. The van der Waals surface area contributed by atoms with Gasteiger partial charge in [-0.2, -0.15) is 28.8 Å². The summed E-state index contributed by atoms with van der Waals surface area (Å²) in [5, 5.41) is 0. The van der Waals surface area contributed by atoms with Crippen LogP contribution in [0, 0.1) is 6.08 Å². The quantitative estimate of drug-likeness (QED) is 0.429. The number of aryl methyl sites for hydroxylation is 2. The Balaban J connectivity index is 0.000000248. The van der Waals surface area contributed by atoms with Gasteiger partial charge in [-0.15, -0.1) is 13.3 Å². The van der Waals surface area contributed by atoms with E-state index in [0.717, 1.165) is 6.42 Å². The Hall–Kier alpha value is -1.40. The molecular weight excluding hydrogens is 510 g/mol. The van der Waals surface area contributed by atoms with E-state index in [9.17, 15) is 0 Å². The summed E-state index contributed by atoms with van der Waals surface area (Å²) < 4.78 is 1.42. The first-order chi connectivity index (χ1) is 14.6. The van der Waals surface area contributed by atoms with E-state index in [-0.39, 0.29) is 24.8 Å². The second kappa shape index (κ2) is 15.4. The molecule has 2 aliphatic rings. The summed E-state index contributed by atoms with van der Waals surface area (Å²) in [6.45, 7) is 4.27. The monoisotopic (exact) mass is 538 g/mol. The molecule has 0 amide bonds. The molecular formula is C29H30Cl2Zr-2. The number of benzene rings is 2. The molecule has 0 fully saturated rings. The van der Waals surface area contributed by atoms with Crippen molar-refractivity contribution in [1.29, 1.82) is 0 Å². The van der Waals surface area contributed by atoms with E-state index < -0.39 is 0 Å². The Morgan fingerprint density at radius 3 is 1.81 bits per heavy atom. The molecule has 0 atom stereocenters. The smallest absolute Gasteiger partial charge is 0.0512 e. The number of hydrogen-bond donors (Lipinski definition) is 0. The number of fused-ring (bicyclic) bond motifs is 1. The standard InChI is InChI=1S/C13H10.C9H11.C7H9.2ClH.Zr/c1-3-7-12(8-4-1)11-13-9-5-2-6-10-13;1-2-5-9-7-3-6-8(9)4-1;1-6-4-3-5-7(6)2;;;/h1-10H;3,6-7H,1-2,4-5H2;4H,5H2,1-2H3;2*1H;/q;2*-1;;;+2/p-2. The van der Waals surface area contributed by atoms with Gasteiger partial charge in [-0.1, -0.05) is 32.6 Å². The molecule has 0 saturated heterocycles. The van der Waals surface area contributed by atoms with Gasteiger partial charge in [-0.3, -0.25) is 6.08 Å². The molecule has 0 nitrogen and oxygen atoms in total. The first kappa shape index (κ1) is 28.6. The van der Waals surface area contributed by atoms with E-state index in [4.69, 9.17) is 0 Å². The zero-order valence-corrected chi connectivity index (χ0v) is 22.8. The Kier molecular flexibility index (Phi) is 13.8. The Labute approximate surface area is 221 Å². The van der Waals surface area contributed by atoms with Crippen LogP contribution in [0.5, 0.6) is 0 Å². The van der Waals surface area contributed by atoms with Crippen molar-refractivity contribution in [1.82, 2.24) is 0 Å². The molecule has 2 aliphatic carbocycles. The molecule has 3 aromatic carbocycles. The Morgan fingerprint density at radius 1 is 0.812 bits per heavy atom. The summed E-state index contributed by atoms with van der Waals surface area (Å²) in [6, 6.07) is 27.8. The van der Waals surface area contributed by atoms with Gasteiger partial charge in [-0.25, -0.2) is 17.7 Å². The summed E-state index contributed by atoms with van der Waals surface area (Å²) >= 11 is 1.46. The maximum Gasteiger partial charge on any atom is -0.0512 e. The van der Waals surface area contributed by atoms with E-state index in [1.54, 1.807) is 11.1 Å². The first-order valence-corrected chi connectivity index (χ1v) is 12.0. The minimum Gasteiger partial charge on any atom is -0.210 e. The molecule has 166 valence electrons. The zero-order valence-electron chi connectivity index (χ0n) is 18.9. The van der Waals surface area contributed by atoms with Crippen molar-refractivity contribution >= 4 is 3.21 Å². The number of hydrogen-bond acceptors (Lipinski definition) is 0. The molecule has 0 unspecified atom stereocenters. The Bertz CT molecular complexity index is 936. The van der Waals surface area contributed by atoms with Crippen molar-refractivity contribution in [3.05, 3.63) is 124 Å². The van der Waals surface area contributed by atoms with Gasteiger partial charge in [-0.05, 0) is 0 Å². The normalized spacial score (nSPS) is 13.4. The number of allylic oxidation sites excluding steroid dienone is 4. The molecule has 5 rings (SSSR count). The van der Waals surface area contributed by atoms with Gasteiger partial charge in [0.2, 0.25) is 0 Å². The molecule has 3 aromatic rings. The molecule has 32 heavy (non-hydrogen) atoms. The summed E-state index contributed by atoms with van der Waals surface area (Å²) in [5.74, 6) is 0. The number of halogens is 2. The minimum atomic E-state index is 0. The second-order valence-electron chi connectivity index (χ2n) is 7.88. The zero-order chi connectivity index (χ0) is 21.2. The van der Waals surface area contributed by atoms with Crippen LogP contribution < -0.4 is 24.8 Å². The SMILES string of the molecule is CC1=C(C)C[C-]=C1.[Cl-].[Cl-].[Zr+2]=[C](c1ccccc1)c1ccccc1.c1cc2c([cH-]1)CCCC2. The molecule has 3 heteroatoms. The molecule has 0 spiro atoms. The summed E-state index contributed by atoms with van der Waals surface area (Å²) in [7, 11) is 0. The van der Waals surface area contributed by atoms with Crippen molar-refractivity contribution in [2.24, 2.45) is 0 Å². The maximum absolute atomic E-state index is 3.12. The topological polar surface area (TPSA) is 0 Å². The van der Waals surface area contributed by atoms with Crippen LogP contribution in [0.2, 0.25) is 0 Å². The van der Waals surface area contributed by atoms with Crippen LogP contribution in [0.25, 0.3) is 0 Å². The fourth-order valence-electron chi connectivity index (χ4n) is 3.61. The van der Waals surface area contributed by atoms with Gasteiger partial charge < -0.3 is 24.8 Å². The molecule has 0 aromatic heterocycles. The maximum atomic E-state index is 3.12. The second-order valence-corrected chi connectivity index (χ2v) is 9.11. The Morgan fingerprint density at radius 2 is 1.38 bits per heavy atom. The van der Waals surface area contributed by atoms with E-state index in [1.165, 1.54) is 75.4 Å². The third-order valence-corrected chi connectivity index (χ3v) is 7.05. The van der Waals surface area contributed by atoms with Crippen molar-refractivity contribution in [2.75, 3.05) is 0 Å². The van der Waals surface area contributed by atoms with Gasteiger partial charge in [0.25, 0.3) is 0 Å². The van der Waals surface area contributed by atoms with Gasteiger partial charge in [0.15, 0.2) is 0 Å². The number of rotatable bonds is 2. The van der Waals surface area contributed by atoms with Crippen LogP contribution in [0.15, 0.2) is 96.1 Å². The molecule has 0 heterocycles. The minimum absolute atomic E-state index is 0.